The fraction of sp³-hybridized carbons (Fsp3) is 0.207. The molecule has 1 aliphatic rings. The molecule has 5 rings (SSSR count). The molecule has 4 aromatic rings. The number of amides is 1. The molecule has 182 valence electrons. The Hall–Kier alpha value is -4.23. The molecular formula is C29H29N5O2. The molecule has 0 radical (unpaired) electrons. The third kappa shape index (κ3) is 6.25. The van der Waals surface area contributed by atoms with Crippen molar-refractivity contribution in [3.63, 3.8) is 0 Å². The van der Waals surface area contributed by atoms with Crippen LogP contribution in [0.1, 0.15) is 18.4 Å². The van der Waals surface area contributed by atoms with Gasteiger partial charge in [0, 0.05) is 61.3 Å². The molecule has 7 heteroatoms. The second-order valence-electron chi connectivity index (χ2n) is 8.81. The third-order valence-electron chi connectivity index (χ3n) is 6.15. The summed E-state index contributed by atoms with van der Waals surface area (Å²) in [6, 6.07) is 24.2. The van der Waals surface area contributed by atoms with Gasteiger partial charge in [-0.25, -0.2) is 4.98 Å². The molecule has 0 saturated carbocycles. The molecule has 1 amide bonds. The minimum atomic E-state index is -0.0362. The average Bonchev–Trinajstić information content (AvgIpc) is 2.93. The standard InChI is InChI=1S/C29H29N5O2/c35-29(22-9-13-36-14-10-22)34-28-17-23(8-12-31-28)24-15-26(32-20-21-5-4-11-30-19-21)18-27(16-24)33-25-6-2-1-3-7-25/h1-8,11-12,15-19,22,32-33H,9-10,13-14,20H2,(H,31,34,35). The molecule has 2 aromatic heterocycles. The van der Waals surface area contributed by atoms with Gasteiger partial charge in [0.1, 0.15) is 5.82 Å². The molecule has 0 aliphatic carbocycles. The van der Waals surface area contributed by atoms with E-state index in [1.165, 1.54) is 0 Å². The number of benzene rings is 2. The van der Waals surface area contributed by atoms with E-state index < -0.39 is 0 Å². The maximum atomic E-state index is 12.7. The fourth-order valence-corrected chi connectivity index (χ4v) is 4.23. The number of rotatable bonds is 8. The van der Waals surface area contributed by atoms with Crippen LogP contribution in [0.5, 0.6) is 0 Å². The molecule has 36 heavy (non-hydrogen) atoms. The Balaban J connectivity index is 1.40. The first-order chi connectivity index (χ1) is 17.7. The molecule has 1 fully saturated rings. The molecule has 1 saturated heterocycles. The largest absolute Gasteiger partial charge is 0.381 e. The zero-order valence-corrected chi connectivity index (χ0v) is 20.0. The summed E-state index contributed by atoms with van der Waals surface area (Å²) < 4.78 is 5.38. The van der Waals surface area contributed by atoms with Crippen molar-refractivity contribution in [2.75, 3.05) is 29.2 Å². The van der Waals surface area contributed by atoms with Crippen LogP contribution in [0.25, 0.3) is 11.1 Å². The van der Waals surface area contributed by atoms with Gasteiger partial charge in [-0.05, 0) is 78.1 Å². The summed E-state index contributed by atoms with van der Waals surface area (Å²) in [6.45, 7) is 1.91. The van der Waals surface area contributed by atoms with Crippen molar-refractivity contribution in [2.45, 2.75) is 19.4 Å². The van der Waals surface area contributed by atoms with E-state index >= 15 is 0 Å². The summed E-state index contributed by atoms with van der Waals surface area (Å²) in [5, 5.41) is 10.00. The lowest BCUT2D eigenvalue weighted by Gasteiger charge is -2.21. The van der Waals surface area contributed by atoms with Crippen LogP contribution in [0.15, 0.2) is 91.4 Å². The van der Waals surface area contributed by atoms with Crippen molar-refractivity contribution in [1.82, 2.24) is 9.97 Å². The van der Waals surface area contributed by atoms with Crippen LogP contribution in [0.3, 0.4) is 0 Å². The van der Waals surface area contributed by atoms with Crippen molar-refractivity contribution < 1.29 is 9.53 Å². The summed E-state index contributed by atoms with van der Waals surface area (Å²) >= 11 is 0. The number of carbonyl (C=O) groups is 1. The van der Waals surface area contributed by atoms with Crippen LogP contribution in [0.2, 0.25) is 0 Å². The lowest BCUT2D eigenvalue weighted by Crippen LogP contribution is -2.28. The second-order valence-corrected chi connectivity index (χ2v) is 8.81. The number of aromatic nitrogens is 2. The first-order valence-corrected chi connectivity index (χ1v) is 12.2. The molecule has 0 atom stereocenters. The predicted molar refractivity (Wildman–Crippen MR) is 143 cm³/mol. The lowest BCUT2D eigenvalue weighted by atomic mass is 9.99. The van der Waals surface area contributed by atoms with Gasteiger partial charge in [0.25, 0.3) is 0 Å². The van der Waals surface area contributed by atoms with Crippen molar-refractivity contribution in [2.24, 2.45) is 5.92 Å². The first kappa shape index (κ1) is 23.5. The summed E-state index contributed by atoms with van der Waals surface area (Å²) in [5.41, 5.74) is 6.01. The van der Waals surface area contributed by atoms with Gasteiger partial charge >= 0.3 is 0 Å². The number of hydrogen-bond acceptors (Lipinski definition) is 6. The van der Waals surface area contributed by atoms with E-state index in [2.05, 4.69) is 44.1 Å². The van der Waals surface area contributed by atoms with Gasteiger partial charge in [0.15, 0.2) is 0 Å². The Kier molecular flexibility index (Phi) is 7.49. The van der Waals surface area contributed by atoms with Crippen LogP contribution in [-0.4, -0.2) is 29.1 Å². The molecule has 2 aromatic carbocycles. The van der Waals surface area contributed by atoms with Crippen molar-refractivity contribution in [3.8, 4) is 11.1 Å². The van der Waals surface area contributed by atoms with Gasteiger partial charge < -0.3 is 20.7 Å². The number of pyridine rings is 2. The summed E-state index contributed by atoms with van der Waals surface area (Å²) in [7, 11) is 0. The normalized spacial score (nSPS) is 13.7. The summed E-state index contributed by atoms with van der Waals surface area (Å²) in [6.07, 6.45) is 6.84. The van der Waals surface area contributed by atoms with E-state index in [1.54, 1.807) is 12.4 Å². The van der Waals surface area contributed by atoms with Crippen LogP contribution in [0.4, 0.5) is 22.9 Å². The maximum Gasteiger partial charge on any atom is 0.228 e. The highest BCUT2D eigenvalue weighted by Crippen LogP contribution is 2.30. The highest BCUT2D eigenvalue weighted by Gasteiger charge is 2.22. The van der Waals surface area contributed by atoms with Crippen LogP contribution < -0.4 is 16.0 Å². The van der Waals surface area contributed by atoms with E-state index in [4.69, 9.17) is 4.74 Å². The Labute approximate surface area is 211 Å². The SMILES string of the molecule is O=C(Nc1cc(-c2cc(NCc3cccnc3)cc(Nc3ccccc3)c2)ccn1)C1CCOCC1. The molecule has 0 bridgehead atoms. The number of nitrogens with one attached hydrogen (secondary N) is 3. The van der Waals surface area contributed by atoms with E-state index in [0.29, 0.717) is 25.6 Å². The number of anilines is 4. The van der Waals surface area contributed by atoms with Gasteiger partial charge in [0.2, 0.25) is 5.91 Å². The van der Waals surface area contributed by atoms with E-state index in [9.17, 15) is 4.79 Å². The van der Waals surface area contributed by atoms with E-state index in [0.717, 1.165) is 46.6 Å². The number of ether oxygens (including phenoxy) is 1. The first-order valence-electron chi connectivity index (χ1n) is 12.2. The molecule has 7 nitrogen and oxygen atoms in total. The van der Waals surface area contributed by atoms with Gasteiger partial charge in [0.05, 0.1) is 0 Å². The second kappa shape index (κ2) is 11.5. The Morgan fingerprint density at radius 3 is 2.50 bits per heavy atom. The third-order valence-corrected chi connectivity index (χ3v) is 6.15. The summed E-state index contributed by atoms with van der Waals surface area (Å²) in [4.78, 5) is 21.3. The highest BCUT2D eigenvalue weighted by molar-refractivity contribution is 5.92. The lowest BCUT2D eigenvalue weighted by molar-refractivity contribution is -0.122. The topological polar surface area (TPSA) is 88.2 Å². The smallest absolute Gasteiger partial charge is 0.228 e. The van der Waals surface area contributed by atoms with Gasteiger partial charge in [-0.2, -0.15) is 0 Å². The van der Waals surface area contributed by atoms with Crippen LogP contribution in [-0.2, 0) is 16.1 Å². The molecule has 3 heterocycles. The zero-order valence-electron chi connectivity index (χ0n) is 20.0. The molecule has 1 aliphatic heterocycles. The predicted octanol–water partition coefficient (Wildman–Crippen LogP) is 5.86. The number of hydrogen-bond donors (Lipinski definition) is 3. The van der Waals surface area contributed by atoms with Crippen molar-refractivity contribution >= 4 is 28.8 Å². The molecule has 3 N–H and O–H groups in total. The highest BCUT2D eigenvalue weighted by atomic mass is 16.5. The maximum absolute atomic E-state index is 12.7. The van der Waals surface area contributed by atoms with Crippen molar-refractivity contribution in [1.29, 1.82) is 0 Å². The Morgan fingerprint density at radius 1 is 0.861 bits per heavy atom. The number of para-hydroxylation sites is 1. The van der Waals surface area contributed by atoms with E-state index in [1.807, 2.05) is 60.8 Å². The number of nitrogens with zero attached hydrogens (tertiary/aromatic N) is 2. The minimum Gasteiger partial charge on any atom is -0.381 e. The van der Waals surface area contributed by atoms with Crippen molar-refractivity contribution in [3.05, 3.63) is 97.0 Å². The Morgan fingerprint density at radius 2 is 1.69 bits per heavy atom. The van der Waals surface area contributed by atoms with Crippen LogP contribution >= 0.6 is 0 Å². The number of carbonyl (C=O) groups excluding carboxylic acids is 1. The van der Waals surface area contributed by atoms with E-state index in [-0.39, 0.29) is 11.8 Å². The minimum absolute atomic E-state index is 0.00118. The molecule has 0 unspecified atom stereocenters. The summed E-state index contributed by atoms with van der Waals surface area (Å²) in [5.74, 6) is 0.516. The van der Waals surface area contributed by atoms with Gasteiger partial charge in [-0.15, -0.1) is 0 Å². The Bertz CT molecular complexity index is 1290. The molecular weight excluding hydrogens is 450 g/mol. The molecule has 0 spiro atoms. The van der Waals surface area contributed by atoms with Crippen LogP contribution in [0, 0.1) is 5.92 Å². The van der Waals surface area contributed by atoms with Gasteiger partial charge in [-0.3, -0.25) is 9.78 Å². The average molecular weight is 480 g/mol. The monoisotopic (exact) mass is 479 g/mol. The fourth-order valence-electron chi connectivity index (χ4n) is 4.23. The zero-order chi connectivity index (χ0) is 24.6. The quantitative estimate of drug-likeness (QED) is 0.293. The van der Waals surface area contributed by atoms with Gasteiger partial charge in [-0.1, -0.05) is 24.3 Å².